The molecule has 2 saturated heterocycles. The summed E-state index contributed by atoms with van der Waals surface area (Å²) in [7, 11) is 3.29. The molecule has 31 heavy (non-hydrogen) atoms. The number of benzene rings is 1. The minimum absolute atomic E-state index is 0.299. The molecule has 0 aliphatic carbocycles. The fraction of sp³-hybridized carbons (Fsp3) is 0.480. The Morgan fingerprint density at radius 1 is 1.16 bits per heavy atom. The van der Waals surface area contributed by atoms with E-state index in [9.17, 15) is 4.79 Å². The van der Waals surface area contributed by atoms with Crippen LogP contribution in [0.4, 0.5) is 0 Å². The zero-order valence-corrected chi connectivity index (χ0v) is 18.5. The van der Waals surface area contributed by atoms with Crippen LogP contribution >= 0.6 is 0 Å². The Morgan fingerprint density at radius 3 is 2.81 bits per heavy atom. The first-order valence-electron chi connectivity index (χ1n) is 11.1. The summed E-state index contributed by atoms with van der Waals surface area (Å²) >= 11 is 0. The second kappa shape index (κ2) is 10.1. The lowest BCUT2D eigenvalue weighted by Gasteiger charge is -2.47. The molecule has 166 valence electrons. The third-order valence-electron chi connectivity index (χ3n) is 6.51. The number of fused-ring (bicyclic) bond motifs is 1. The van der Waals surface area contributed by atoms with Crippen LogP contribution in [0.5, 0.6) is 11.5 Å². The fourth-order valence-corrected chi connectivity index (χ4v) is 4.87. The van der Waals surface area contributed by atoms with Gasteiger partial charge in [0.2, 0.25) is 5.91 Å². The minimum atomic E-state index is 0.299. The Kier molecular flexibility index (Phi) is 6.97. The molecule has 3 heterocycles. The number of piperidine rings is 2. The van der Waals surface area contributed by atoms with E-state index in [4.69, 9.17) is 13.9 Å². The SMILES string of the molecule is COc1ccc(CCN2C(=O)CC[C@H]3CN(C/C=C/c4ccco4)CC[C@H]32)cc1OC. The van der Waals surface area contributed by atoms with Crippen molar-refractivity contribution in [2.24, 2.45) is 5.92 Å². The molecule has 4 rings (SSSR count). The molecule has 2 aliphatic rings. The van der Waals surface area contributed by atoms with Crippen molar-refractivity contribution in [1.82, 2.24) is 9.80 Å². The van der Waals surface area contributed by atoms with E-state index in [0.717, 1.165) is 68.3 Å². The molecule has 2 fully saturated rings. The first-order valence-corrected chi connectivity index (χ1v) is 11.1. The molecule has 2 aliphatic heterocycles. The molecule has 6 nitrogen and oxygen atoms in total. The number of nitrogens with zero attached hydrogens (tertiary/aromatic N) is 2. The second-order valence-corrected chi connectivity index (χ2v) is 8.36. The van der Waals surface area contributed by atoms with E-state index in [1.807, 2.05) is 30.3 Å². The number of amides is 1. The van der Waals surface area contributed by atoms with Crippen molar-refractivity contribution in [2.75, 3.05) is 40.4 Å². The summed E-state index contributed by atoms with van der Waals surface area (Å²) in [5.74, 6) is 3.20. The molecule has 0 spiro atoms. The molecule has 0 radical (unpaired) electrons. The number of carbonyl (C=O) groups excluding carboxylic acids is 1. The summed E-state index contributed by atoms with van der Waals surface area (Å²) in [4.78, 5) is 17.4. The monoisotopic (exact) mass is 424 g/mol. The van der Waals surface area contributed by atoms with E-state index in [-0.39, 0.29) is 0 Å². The van der Waals surface area contributed by atoms with Gasteiger partial charge in [0, 0.05) is 38.6 Å². The summed E-state index contributed by atoms with van der Waals surface area (Å²) in [6.07, 6.45) is 9.41. The van der Waals surface area contributed by atoms with Crippen LogP contribution in [0.15, 0.2) is 47.1 Å². The lowest BCUT2D eigenvalue weighted by Crippen LogP contribution is -2.56. The summed E-state index contributed by atoms with van der Waals surface area (Å²) in [5.41, 5.74) is 1.16. The van der Waals surface area contributed by atoms with Crippen molar-refractivity contribution in [3.63, 3.8) is 0 Å². The highest BCUT2D eigenvalue weighted by molar-refractivity contribution is 5.77. The van der Waals surface area contributed by atoms with Crippen LogP contribution in [0, 0.1) is 5.92 Å². The molecule has 2 atom stereocenters. The molecular weight excluding hydrogens is 392 g/mol. The number of hydrogen-bond donors (Lipinski definition) is 0. The van der Waals surface area contributed by atoms with Crippen molar-refractivity contribution in [1.29, 1.82) is 0 Å². The molecule has 0 bridgehead atoms. The van der Waals surface area contributed by atoms with Gasteiger partial charge in [0.1, 0.15) is 5.76 Å². The molecule has 1 amide bonds. The van der Waals surface area contributed by atoms with E-state index in [1.54, 1.807) is 20.5 Å². The second-order valence-electron chi connectivity index (χ2n) is 8.36. The number of rotatable bonds is 8. The predicted molar refractivity (Wildman–Crippen MR) is 120 cm³/mol. The Balaban J connectivity index is 1.34. The van der Waals surface area contributed by atoms with Crippen LogP contribution in [0.3, 0.4) is 0 Å². The summed E-state index contributed by atoms with van der Waals surface area (Å²) in [6, 6.07) is 10.2. The van der Waals surface area contributed by atoms with Gasteiger partial charge in [-0.15, -0.1) is 0 Å². The Bertz CT molecular complexity index is 893. The third kappa shape index (κ3) is 5.13. The highest BCUT2D eigenvalue weighted by Gasteiger charge is 2.38. The number of methoxy groups -OCH3 is 2. The van der Waals surface area contributed by atoms with Crippen molar-refractivity contribution in [3.05, 3.63) is 54.0 Å². The van der Waals surface area contributed by atoms with E-state index in [2.05, 4.69) is 21.9 Å². The van der Waals surface area contributed by atoms with Gasteiger partial charge in [-0.25, -0.2) is 0 Å². The Hall–Kier alpha value is -2.73. The average Bonchev–Trinajstić information content (AvgIpc) is 3.32. The lowest BCUT2D eigenvalue weighted by atomic mass is 9.83. The number of hydrogen-bond acceptors (Lipinski definition) is 5. The van der Waals surface area contributed by atoms with Crippen molar-refractivity contribution in [3.8, 4) is 11.5 Å². The van der Waals surface area contributed by atoms with Crippen molar-refractivity contribution in [2.45, 2.75) is 31.7 Å². The van der Waals surface area contributed by atoms with Gasteiger partial charge in [-0.1, -0.05) is 12.1 Å². The summed E-state index contributed by atoms with van der Waals surface area (Å²) in [5, 5.41) is 0. The quantitative estimate of drug-likeness (QED) is 0.644. The van der Waals surface area contributed by atoms with Gasteiger partial charge < -0.3 is 18.8 Å². The van der Waals surface area contributed by atoms with Crippen LogP contribution < -0.4 is 9.47 Å². The highest BCUT2D eigenvalue weighted by Crippen LogP contribution is 2.32. The molecule has 0 unspecified atom stereocenters. The summed E-state index contributed by atoms with van der Waals surface area (Å²) < 4.78 is 16.1. The van der Waals surface area contributed by atoms with Gasteiger partial charge in [0.05, 0.1) is 20.5 Å². The normalized spacial score (nSPS) is 22.0. The van der Waals surface area contributed by atoms with Crippen molar-refractivity contribution >= 4 is 12.0 Å². The van der Waals surface area contributed by atoms with Gasteiger partial charge in [-0.2, -0.15) is 0 Å². The minimum Gasteiger partial charge on any atom is -0.493 e. The van der Waals surface area contributed by atoms with Gasteiger partial charge >= 0.3 is 0 Å². The third-order valence-corrected chi connectivity index (χ3v) is 6.51. The van der Waals surface area contributed by atoms with E-state index < -0.39 is 0 Å². The molecule has 6 heteroatoms. The van der Waals surface area contributed by atoms with Crippen LogP contribution in [-0.4, -0.2) is 62.1 Å². The van der Waals surface area contributed by atoms with Crippen LogP contribution in [0.2, 0.25) is 0 Å². The molecule has 1 aromatic carbocycles. The van der Waals surface area contributed by atoms with E-state index in [1.165, 1.54) is 0 Å². The first kappa shape index (κ1) is 21.5. The maximum absolute atomic E-state index is 12.7. The standard InChI is InChI=1S/C25H32N2O4/c1-29-23-9-7-19(17-24(23)30-2)11-15-27-22-12-14-26(18-20(22)8-10-25(27)28)13-3-5-21-6-4-16-31-21/h3-7,9,16-17,20,22H,8,10-15,18H2,1-2H3/b5-3+/t20-,22+/m0/s1. The highest BCUT2D eigenvalue weighted by atomic mass is 16.5. The maximum atomic E-state index is 12.7. The van der Waals surface area contributed by atoms with Gasteiger partial charge in [-0.05, 0) is 61.1 Å². The van der Waals surface area contributed by atoms with Crippen LogP contribution in [-0.2, 0) is 11.2 Å². The Morgan fingerprint density at radius 2 is 2.03 bits per heavy atom. The zero-order valence-electron chi connectivity index (χ0n) is 18.5. The average molecular weight is 425 g/mol. The predicted octanol–water partition coefficient (Wildman–Crippen LogP) is 3.87. The molecule has 0 N–H and O–H groups in total. The molecule has 2 aromatic rings. The van der Waals surface area contributed by atoms with Gasteiger partial charge in [0.25, 0.3) is 0 Å². The van der Waals surface area contributed by atoms with Gasteiger partial charge in [0.15, 0.2) is 11.5 Å². The number of furan rings is 1. The van der Waals surface area contributed by atoms with Crippen LogP contribution in [0.1, 0.15) is 30.6 Å². The molecule has 1 aromatic heterocycles. The van der Waals surface area contributed by atoms with Gasteiger partial charge in [-0.3, -0.25) is 9.69 Å². The number of carbonyl (C=O) groups is 1. The number of ether oxygens (including phenoxy) is 2. The molecule has 0 saturated carbocycles. The lowest BCUT2D eigenvalue weighted by molar-refractivity contribution is -0.140. The van der Waals surface area contributed by atoms with E-state index in [0.29, 0.717) is 24.3 Å². The maximum Gasteiger partial charge on any atom is 0.222 e. The fourth-order valence-electron chi connectivity index (χ4n) is 4.87. The van der Waals surface area contributed by atoms with Crippen molar-refractivity contribution < 1.29 is 18.7 Å². The topological polar surface area (TPSA) is 55.2 Å². The van der Waals surface area contributed by atoms with Crippen LogP contribution in [0.25, 0.3) is 6.08 Å². The number of likely N-dealkylation sites (tertiary alicyclic amines) is 2. The Labute approximate surface area is 184 Å². The largest absolute Gasteiger partial charge is 0.493 e. The van der Waals surface area contributed by atoms with E-state index >= 15 is 0 Å². The zero-order chi connectivity index (χ0) is 21.6. The smallest absolute Gasteiger partial charge is 0.222 e. The molecular formula is C25H32N2O4. The first-order chi connectivity index (χ1) is 15.2. The summed E-state index contributed by atoms with van der Waals surface area (Å²) in [6.45, 7) is 3.74.